The lowest BCUT2D eigenvalue weighted by atomic mass is 10.1. The fourth-order valence-electron chi connectivity index (χ4n) is 2.90. The van der Waals surface area contributed by atoms with Crippen LogP contribution in [0.1, 0.15) is 24.4 Å². The van der Waals surface area contributed by atoms with Crippen LogP contribution in [0, 0.1) is 0 Å². The van der Waals surface area contributed by atoms with E-state index in [-0.39, 0.29) is 4.47 Å². The molecule has 0 radical (unpaired) electrons. The highest BCUT2D eigenvalue weighted by Gasteiger charge is 2.31. The number of fused-ring (bicyclic) bond motifs is 1. The SMILES string of the molecule is C[C@H](Nc1ccnc2c(Br)cc(C(F)(F)F)cc12)c1ncnn1-c1ncccn1. The average molecular weight is 464 g/mol. The third-order valence-corrected chi connectivity index (χ3v) is 4.81. The van der Waals surface area contributed by atoms with E-state index in [1.54, 1.807) is 24.5 Å². The van der Waals surface area contributed by atoms with Gasteiger partial charge in [-0.2, -0.15) is 23.0 Å². The number of rotatable bonds is 4. The first-order valence-electron chi connectivity index (χ1n) is 8.44. The van der Waals surface area contributed by atoms with Crippen LogP contribution in [-0.4, -0.2) is 29.7 Å². The molecular weight excluding hydrogens is 451 g/mol. The standard InChI is InChI=1S/C18H13BrF3N7/c1-10(16-26-9-27-29(16)17-24-4-2-5-25-17)28-14-3-6-23-15-12(14)7-11(8-13(15)19)18(20,21)22/h2-10H,1H3,(H,23,28)/t10-/m0/s1. The maximum Gasteiger partial charge on any atom is 0.416 e. The quantitative estimate of drug-likeness (QED) is 0.477. The van der Waals surface area contributed by atoms with Crippen LogP contribution in [0.3, 0.4) is 0 Å². The monoisotopic (exact) mass is 463 g/mol. The molecule has 0 saturated carbocycles. The van der Waals surface area contributed by atoms with Gasteiger partial charge in [-0.15, -0.1) is 0 Å². The number of hydrogen-bond acceptors (Lipinski definition) is 6. The summed E-state index contributed by atoms with van der Waals surface area (Å²) in [6.07, 6.45) is 1.59. The summed E-state index contributed by atoms with van der Waals surface area (Å²) in [6.45, 7) is 1.82. The van der Waals surface area contributed by atoms with Gasteiger partial charge in [0, 0.05) is 34.1 Å². The van der Waals surface area contributed by atoms with Gasteiger partial charge >= 0.3 is 6.18 Å². The van der Waals surface area contributed by atoms with E-state index >= 15 is 0 Å². The van der Waals surface area contributed by atoms with Gasteiger partial charge in [-0.3, -0.25) is 4.98 Å². The van der Waals surface area contributed by atoms with Crippen molar-refractivity contribution >= 4 is 32.5 Å². The average Bonchev–Trinajstić information content (AvgIpc) is 3.18. The van der Waals surface area contributed by atoms with Crippen molar-refractivity contribution in [3.05, 3.63) is 65.0 Å². The van der Waals surface area contributed by atoms with Crippen molar-refractivity contribution in [3.63, 3.8) is 0 Å². The summed E-state index contributed by atoms with van der Waals surface area (Å²) in [4.78, 5) is 16.7. The van der Waals surface area contributed by atoms with Crippen molar-refractivity contribution in [2.75, 3.05) is 5.32 Å². The van der Waals surface area contributed by atoms with Crippen LogP contribution in [-0.2, 0) is 6.18 Å². The molecule has 0 saturated heterocycles. The van der Waals surface area contributed by atoms with Gasteiger partial charge < -0.3 is 5.32 Å². The van der Waals surface area contributed by atoms with Gasteiger partial charge in [-0.05, 0) is 47.1 Å². The minimum Gasteiger partial charge on any atom is -0.375 e. The van der Waals surface area contributed by atoms with Crippen LogP contribution < -0.4 is 5.32 Å². The molecule has 4 rings (SSSR count). The summed E-state index contributed by atoms with van der Waals surface area (Å²) in [5.74, 6) is 0.850. The maximum atomic E-state index is 13.3. The van der Waals surface area contributed by atoms with E-state index in [0.717, 1.165) is 12.1 Å². The highest BCUT2D eigenvalue weighted by molar-refractivity contribution is 9.10. The summed E-state index contributed by atoms with van der Waals surface area (Å²) in [6, 6.07) is 4.99. The van der Waals surface area contributed by atoms with Gasteiger partial charge in [0.1, 0.15) is 6.33 Å². The summed E-state index contributed by atoms with van der Waals surface area (Å²) in [5.41, 5.74) is 0.141. The zero-order chi connectivity index (χ0) is 20.6. The Morgan fingerprint density at radius 2 is 1.83 bits per heavy atom. The van der Waals surface area contributed by atoms with Gasteiger partial charge in [-0.25, -0.2) is 15.0 Å². The minimum atomic E-state index is -4.47. The Morgan fingerprint density at radius 3 is 2.55 bits per heavy atom. The molecule has 0 amide bonds. The molecule has 0 bridgehead atoms. The molecule has 29 heavy (non-hydrogen) atoms. The molecule has 3 heterocycles. The van der Waals surface area contributed by atoms with Crippen LogP contribution in [0.2, 0.25) is 0 Å². The molecule has 0 aliphatic heterocycles. The van der Waals surface area contributed by atoms with E-state index in [4.69, 9.17) is 0 Å². The number of anilines is 1. The van der Waals surface area contributed by atoms with Crippen LogP contribution >= 0.6 is 15.9 Å². The van der Waals surface area contributed by atoms with Crippen molar-refractivity contribution in [1.82, 2.24) is 29.7 Å². The highest BCUT2D eigenvalue weighted by Crippen LogP contribution is 2.37. The molecule has 11 heteroatoms. The Balaban J connectivity index is 1.74. The first-order valence-corrected chi connectivity index (χ1v) is 9.23. The van der Waals surface area contributed by atoms with Crippen molar-refractivity contribution in [3.8, 4) is 5.95 Å². The zero-order valence-electron chi connectivity index (χ0n) is 14.9. The number of halogens is 4. The third-order valence-electron chi connectivity index (χ3n) is 4.20. The molecule has 0 aliphatic carbocycles. The molecule has 0 unspecified atom stereocenters. The molecule has 4 aromatic rings. The highest BCUT2D eigenvalue weighted by atomic mass is 79.9. The molecule has 0 spiro atoms. The number of alkyl halides is 3. The second kappa shape index (κ2) is 7.39. The van der Waals surface area contributed by atoms with Gasteiger partial charge in [0.05, 0.1) is 17.1 Å². The van der Waals surface area contributed by atoms with Crippen LogP contribution in [0.25, 0.3) is 16.9 Å². The van der Waals surface area contributed by atoms with Gasteiger partial charge in [0.25, 0.3) is 5.95 Å². The number of aromatic nitrogens is 6. The normalized spacial score (nSPS) is 12.9. The molecule has 1 atom stereocenters. The lowest BCUT2D eigenvalue weighted by Gasteiger charge is -2.17. The van der Waals surface area contributed by atoms with Crippen LogP contribution in [0.15, 0.2) is 53.7 Å². The van der Waals surface area contributed by atoms with E-state index < -0.39 is 17.8 Å². The molecule has 3 aromatic heterocycles. The molecule has 0 fully saturated rings. The first kappa shape index (κ1) is 19.2. The Morgan fingerprint density at radius 1 is 1.07 bits per heavy atom. The van der Waals surface area contributed by atoms with E-state index in [1.165, 1.54) is 17.2 Å². The molecule has 148 valence electrons. The van der Waals surface area contributed by atoms with E-state index in [1.807, 2.05) is 6.92 Å². The van der Waals surface area contributed by atoms with E-state index in [2.05, 4.69) is 46.3 Å². The second-order valence-electron chi connectivity index (χ2n) is 6.16. The molecule has 7 nitrogen and oxygen atoms in total. The minimum absolute atomic E-state index is 0.263. The largest absolute Gasteiger partial charge is 0.416 e. The van der Waals surface area contributed by atoms with Crippen molar-refractivity contribution in [1.29, 1.82) is 0 Å². The predicted molar refractivity (Wildman–Crippen MR) is 103 cm³/mol. The first-order chi connectivity index (χ1) is 13.8. The number of hydrogen-bond donors (Lipinski definition) is 1. The molecular formula is C18H13BrF3N7. The summed E-state index contributed by atoms with van der Waals surface area (Å²) < 4.78 is 41.5. The Labute approximate surface area is 171 Å². The number of pyridine rings is 1. The molecule has 1 N–H and O–H groups in total. The van der Waals surface area contributed by atoms with Crippen molar-refractivity contribution in [2.24, 2.45) is 0 Å². The lowest BCUT2D eigenvalue weighted by Crippen LogP contribution is -2.15. The predicted octanol–water partition coefficient (Wildman–Crippen LogP) is 4.56. The molecule has 0 aliphatic rings. The smallest absolute Gasteiger partial charge is 0.375 e. The maximum absolute atomic E-state index is 13.3. The zero-order valence-corrected chi connectivity index (χ0v) is 16.5. The number of nitrogens with one attached hydrogen (secondary N) is 1. The lowest BCUT2D eigenvalue weighted by molar-refractivity contribution is -0.137. The van der Waals surface area contributed by atoms with Gasteiger partial charge in [0.2, 0.25) is 0 Å². The Hall–Kier alpha value is -3.08. The van der Waals surface area contributed by atoms with E-state index in [0.29, 0.717) is 28.4 Å². The number of nitrogens with zero attached hydrogens (tertiary/aromatic N) is 6. The summed E-state index contributed by atoms with van der Waals surface area (Å²) >= 11 is 3.19. The number of benzene rings is 1. The fraction of sp³-hybridized carbons (Fsp3) is 0.167. The van der Waals surface area contributed by atoms with Crippen molar-refractivity contribution < 1.29 is 13.2 Å². The van der Waals surface area contributed by atoms with Crippen LogP contribution in [0.5, 0.6) is 0 Å². The second-order valence-corrected chi connectivity index (χ2v) is 7.01. The Kier molecular flexibility index (Phi) is 4.91. The third kappa shape index (κ3) is 3.77. The summed E-state index contributed by atoms with van der Waals surface area (Å²) in [7, 11) is 0. The topological polar surface area (TPSA) is 81.4 Å². The summed E-state index contributed by atoms with van der Waals surface area (Å²) in [5, 5.41) is 7.68. The fourth-order valence-corrected chi connectivity index (χ4v) is 3.46. The Bertz CT molecular complexity index is 1160. The van der Waals surface area contributed by atoms with Crippen molar-refractivity contribution in [2.45, 2.75) is 19.1 Å². The van der Waals surface area contributed by atoms with Gasteiger partial charge in [0.15, 0.2) is 5.82 Å². The van der Waals surface area contributed by atoms with Gasteiger partial charge in [-0.1, -0.05) is 0 Å². The van der Waals surface area contributed by atoms with E-state index in [9.17, 15) is 13.2 Å². The molecule has 1 aromatic carbocycles. The van der Waals surface area contributed by atoms with Crippen LogP contribution in [0.4, 0.5) is 18.9 Å².